The van der Waals surface area contributed by atoms with E-state index in [0.717, 1.165) is 78.6 Å². The van der Waals surface area contributed by atoms with Gasteiger partial charge in [-0.3, -0.25) is 0 Å². The van der Waals surface area contributed by atoms with Crippen molar-refractivity contribution in [1.29, 1.82) is 0 Å². The van der Waals surface area contributed by atoms with Crippen LogP contribution in [0.15, 0.2) is 76.2 Å². The largest absolute Gasteiger partial charge is 0.504 e. The van der Waals surface area contributed by atoms with E-state index >= 15 is 0 Å². The molecular weight excluding hydrogens is 426 g/mol. The summed E-state index contributed by atoms with van der Waals surface area (Å²) in [5.41, 5.74) is 3.93. The molecule has 0 aromatic heterocycles. The summed E-state index contributed by atoms with van der Waals surface area (Å²) in [5, 5.41) is 15.0. The van der Waals surface area contributed by atoms with Crippen LogP contribution in [-0.2, 0) is 9.53 Å². The first-order valence-electron chi connectivity index (χ1n) is 12.0. The van der Waals surface area contributed by atoms with Crippen molar-refractivity contribution in [3.63, 3.8) is 0 Å². The molecule has 1 unspecified atom stereocenters. The van der Waals surface area contributed by atoms with Crippen molar-refractivity contribution in [3.05, 3.63) is 71.7 Å². The molecule has 2 aliphatic heterocycles. The number of hydrogen-bond donors (Lipinski definition) is 1. The molecule has 0 bridgehead atoms. The summed E-state index contributed by atoms with van der Waals surface area (Å²) in [6.45, 7) is 4.38. The molecule has 34 heavy (non-hydrogen) atoms. The summed E-state index contributed by atoms with van der Waals surface area (Å²) < 4.78 is 5.47. The maximum atomic E-state index is 11.5. The van der Waals surface area contributed by atoms with E-state index < -0.39 is 5.97 Å². The summed E-state index contributed by atoms with van der Waals surface area (Å²) in [6.07, 6.45) is 9.04. The number of aliphatic hydroxyl groups is 1. The number of quaternary nitrogens is 1. The summed E-state index contributed by atoms with van der Waals surface area (Å²) >= 11 is 0. The van der Waals surface area contributed by atoms with E-state index in [9.17, 15) is 9.90 Å². The fraction of sp³-hybridized carbons (Fsp3) is 0.321. The number of ether oxygens (including phenoxy) is 1. The molecule has 2 aromatic rings. The molecule has 1 atom stereocenters. The molecule has 6 heteroatoms. The fourth-order valence-electron chi connectivity index (χ4n) is 4.25. The Bertz CT molecular complexity index is 1190. The molecule has 0 amide bonds. The number of cyclic esters (lactones) is 1. The molecule has 2 aromatic carbocycles. The Morgan fingerprint density at radius 1 is 1.00 bits per heavy atom. The number of benzene rings is 2. The Balaban J connectivity index is 1.65. The van der Waals surface area contributed by atoms with Crippen molar-refractivity contribution < 1.29 is 14.6 Å². The quantitative estimate of drug-likeness (QED) is 0.334. The van der Waals surface area contributed by atoms with Crippen LogP contribution in [0, 0.1) is 0 Å². The SMILES string of the molecule is CCCCC1=N[N+](C)(c2ccc(-c3ccccc3/C=C3\OC(=O)C=C3O)cc2)C(CCCC)=N1. The number of nitrogens with zero attached hydrogens (tertiary/aromatic N) is 3. The Labute approximate surface area is 201 Å². The second kappa shape index (κ2) is 10.2. The van der Waals surface area contributed by atoms with Crippen LogP contribution in [0.4, 0.5) is 5.69 Å². The lowest BCUT2D eigenvalue weighted by Gasteiger charge is -2.24. The lowest BCUT2D eigenvalue weighted by molar-refractivity contribution is -0.132. The van der Waals surface area contributed by atoms with Crippen molar-refractivity contribution in [3.8, 4) is 11.1 Å². The first-order valence-corrected chi connectivity index (χ1v) is 12.0. The molecule has 176 valence electrons. The van der Waals surface area contributed by atoms with Gasteiger partial charge in [0.15, 0.2) is 23.0 Å². The van der Waals surface area contributed by atoms with Gasteiger partial charge in [-0.05, 0) is 47.7 Å². The van der Waals surface area contributed by atoms with Crippen LogP contribution < -0.4 is 4.59 Å². The number of aliphatic hydroxyl groups excluding tert-OH is 1. The molecule has 0 spiro atoms. The van der Waals surface area contributed by atoms with E-state index in [1.807, 2.05) is 24.3 Å². The highest BCUT2D eigenvalue weighted by atomic mass is 16.6. The van der Waals surface area contributed by atoms with Gasteiger partial charge < -0.3 is 9.84 Å². The molecule has 0 aliphatic carbocycles. The van der Waals surface area contributed by atoms with Gasteiger partial charge >= 0.3 is 5.97 Å². The molecule has 2 aliphatic rings. The van der Waals surface area contributed by atoms with E-state index in [1.54, 1.807) is 6.08 Å². The Hall–Kier alpha value is -3.51. The number of amidine groups is 2. The normalized spacial score (nSPS) is 20.9. The molecule has 0 saturated carbocycles. The van der Waals surface area contributed by atoms with Gasteiger partial charge in [0.1, 0.15) is 7.05 Å². The average molecular weight is 459 g/mol. The zero-order chi connectivity index (χ0) is 24.1. The minimum Gasteiger partial charge on any atom is -0.504 e. The van der Waals surface area contributed by atoms with Gasteiger partial charge in [-0.25, -0.2) is 4.79 Å². The van der Waals surface area contributed by atoms with E-state index in [0.29, 0.717) is 4.59 Å². The molecule has 2 heterocycles. The Morgan fingerprint density at radius 3 is 2.38 bits per heavy atom. The number of hydrogen-bond acceptors (Lipinski definition) is 5. The van der Waals surface area contributed by atoms with Crippen molar-refractivity contribution >= 4 is 29.4 Å². The maximum absolute atomic E-state index is 11.5. The second-order valence-electron chi connectivity index (χ2n) is 8.80. The first kappa shape index (κ1) is 23.6. The van der Waals surface area contributed by atoms with E-state index in [1.165, 1.54) is 0 Å². The summed E-state index contributed by atoms with van der Waals surface area (Å²) in [7, 11) is 2.12. The van der Waals surface area contributed by atoms with Crippen LogP contribution in [0.1, 0.15) is 57.9 Å². The molecule has 0 saturated heterocycles. The van der Waals surface area contributed by atoms with Crippen LogP contribution in [0.25, 0.3) is 17.2 Å². The monoisotopic (exact) mass is 458 g/mol. The summed E-state index contributed by atoms with van der Waals surface area (Å²) in [4.78, 5) is 16.4. The first-order chi connectivity index (χ1) is 16.4. The molecular formula is C28H32N3O3+. The highest BCUT2D eigenvalue weighted by Crippen LogP contribution is 2.33. The van der Waals surface area contributed by atoms with Gasteiger partial charge in [-0.1, -0.05) is 56.1 Å². The van der Waals surface area contributed by atoms with Gasteiger partial charge in [-0.2, -0.15) is 4.99 Å². The molecule has 4 rings (SSSR count). The smallest absolute Gasteiger partial charge is 0.340 e. The number of carbonyl (C=O) groups is 1. The van der Waals surface area contributed by atoms with Crippen molar-refractivity contribution in [2.75, 3.05) is 7.05 Å². The molecule has 0 fully saturated rings. The minimum absolute atomic E-state index is 0.155. The molecule has 1 N–H and O–H groups in total. The topological polar surface area (TPSA) is 71.2 Å². The lowest BCUT2D eigenvalue weighted by Crippen LogP contribution is -2.43. The lowest BCUT2D eigenvalue weighted by atomic mass is 9.98. The van der Waals surface area contributed by atoms with Crippen LogP contribution in [0.2, 0.25) is 0 Å². The standard InChI is InChI=1S/C28H31N3O3/c1-4-6-12-26-29-27(13-7-5-2)31(3,30-26)22-16-14-20(15-17-22)23-11-9-8-10-21(23)18-25-24(32)19-28(33)34-25/h8-11,14-19H,4-7,12-13H2,1-3H3/p+1/b25-18-. The zero-order valence-corrected chi connectivity index (χ0v) is 20.1. The van der Waals surface area contributed by atoms with Crippen molar-refractivity contribution in [1.82, 2.24) is 4.59 Å². The Kier molecular flexibility index (Phi) is 7.08. The number of unbranched alkanes of at least 4 members (excludes halogenated alkanes) is 2. The van der Waals surface area contributed by atoms with E-state index in [4.69, 9.17) is 14.8 Å². The van der Waals surface area contributed by atoms with Crippen molar-refractivity contribution in [2.45, 2.75) is 52.4 Å². The highest BCUT2D eigenvalue weighted by Gasteiger charge is 2.38. The fourth-order valence-corrected chi connectivity index (χ4v) is 4.25. The summed E-state index contributed by atoms with van der Waals surface area (Å²) in [6, 6.07) is 16.2. The van der Waals surface area contributed by atoms with Gasteiger partial charge in [-0.15, -0.1) is 4.59 Å². The average Bonchev–Trinajstić information content (AvgIpc) is 3.34. The molecule has 6 nitrogen and oxygen atoms in total. The van der Waals surface area contributed by atoms with Crippen LogP contribution in [-0.4, -0.2) is 29.8 Å². The van der Waals surface area contributed by atoms with Crippen LogP contribution in [0.3, 0.4) is 0 Å². The number of esters is 1. The van der Waals surface area contributed by atoms with Crippen LogP contribution in [0.5, 0.6) is 0 Å². The minimum atomic E-state index is -0.562. The van der Waals surface area contributed by atoms with E-state index in [-0.39, 0.29) is 11.5 Å². The maximum Gasteiger partial charge on any atom is 0.340 e. The number of rotatable bonds is 9. The van der Waals surface area contributed by atoms with Crippen molar-refractivity contribution in [2.24, 2.45) is 10.1 Å². The number of carbonyl (C=O) groups excluding carboxylic acids is 1. The Morgan fingerprint density at radius 2 is 1.71 bits per heavy atom. The third-order valence-electron chi connectivity index (χ3n) is 6.23. The molecule has 0 radical (unpaired) electrons. The van der Waals surface area contributed by atoms with Gasteiger partial charge in [0.05, 0.1) is 6.08 Å². The predicted molar refractivity (Wildman–Crippen MR) is 138 cm³/mol. The zero-order valence-electron chi connectivity index (χ0n) is 20.1. The third-order valence-corrected chi connectivity index (χ3v) is 6.23. The highest BCUT2D eigenvalue weighted by molar-refractivity contribution is 6.07. The third kappa shape index (κ3) is 4.87. The predicted octanol–water partition coefficient (Wildman–Crippen LogP) is 6.74. The van der Waals surface area contributed by atoms with Crippen LogP contribution >= 0.6 is 0 Å². The van der Waals surface area contributed by atoms with Gasteiger partial charge in [0, 0.05) is 25.0 Å². The van der Waals surface area contributed by atoms with E-state index in [2.05, 4.69) is 45.2 Å². The van der Waals surface area contributed by atoms with Gasteiger partial charge in [0.25, 0.3) is 0 Å². The second-order valence-corrected chi connectivity index (χ2v) is 8.80. The van der Waals surface area contributed by atoms with Gasteiger partial charge in [0.2, 0.25) is 5.84 Å². The number of aliphatic imine (C=N–C) groups is 1. The summed E-state index contributed by atoms with van der Waals surface area (Å²) in [5.74, 6) is 1.48.